The molecular weight excluding hydrogens is 271 g/mol. The maximum atomic E-state index is 13.6. The minimum absolute atomic E-state index is 0.0300. The van der Waals surface area contributed by atoms with Crippen molar-refractivity contribution in [3.8, 4) is 5.75 Å². The number of ether oxygens (including phenoxy) is 1. The molecule has 0 amide bonds. The minimum atomic E-state index is -1.48. The number of halogens is 1. The van der Waals surface area contributed by atoms with Crippen LogP contribution >= 0.6 is 0 Å². The summed E-state index contributed by atoms with van der Waals surface area (Å²) >= 11 is 0. The van der Waals surface area contributed by atoms with E-state index in [1.807, 2.05) is 0 Å². The standard InChI is InChI=1S/C12H15FN2O5/c1-7-5-10(8(13)6-9(7)15(18)19)20-4-3-12(2,14)11(16)17/h5-6H,3-4,14H2,1-2H3,(H,16,17). The molecule has 0 aliphatic heterocycles. The van der Waals surface area contributed by atoms with Crippen molar-refractivity contribution in [3.63, 3.8) is 0 Å². The molecule has 1 aromatic carbocycles. The van der Waals surface area contributed by atoms with Crippen molar-refractivity contribution in [2.75, 3.05) is 6.61 Å². The van der Waals surface area contributed by atoms with Crippen LogP contribution in [0.15, 0.2) is 12.1 Å². The molecule has 1 aromatic rings. The molecule has 0 aliphatic carbocycles. The Morgan fingerprint density at radius 3 is 2.70 bits per heavy atom. The molecule has 110 valence electrons. The zero-order chi connectivity index (χ0) is 15.5. The van der Waals surface area contributed by atoms with Crippen LogP contribution in [0.25, 0.3) is 0 Å². The average Bonchev–Trinajstić information content (AvgIpc) is 2.32. The van der Waals surface area contributed by atoms with Crippen molar-refractivity contribution in [2.24, 2.45) is 5.73 Å². The largest absolute Gasteiger partial charge is 0.490 e. The van der Waals surface area contributed by atoms with Gasteiger partial charge in [0.15, 0.2) is 11.6 Å². The normalized spacial score (nSPS) is 13.6. The smallest absolute Gasteiger partial charge is 0.323 e. The van der Waals surface area contributed by atoms with Gasteiger partial charge < -0.3 is 15.6 Å². The van der Waals surface area contributed by atoms with Crippen LogP contribution in [0.3, 0.4) is 0 Å². The number of nitrogens with two attached hydrogens (primary N) is 1. The summed E-state index contributed by atoms with van der Waals surface area (Å²) < 4.78 is 18.7. The molecule has 0 aromatic heterocycles. The van der Waals surface area contributed by atoms with Gasteiger partial charge in [-0.15, -0.1) is 0 Å². The summed E-state index contributed by atoms with van der Waals surface area (Å²) in [6.45, 7) is 2.65. The maximum Gasteiger partial charge on any atom is 0.323 e. The predicted molar refractivity (Wildman–Crippen MR) is 68.1 cm³/mol. The Hall–Kier alpha value is -2.22. The molecule has 0 radical (unpaired) electrons. The maximum absolute atomic E-state index is 13.6. The summed E-state index contributed by atoms with van der Waals surface area (Å²) in [5, 5.41) is 19.4. The van der Waals surface area contributed by atoms with E-state index >= 15 is 0 Å². The second kappa shape index (κ2) is 5.83. The van der Waals surface area contributed by atoms with E-state index in [2.05, 4.69) is 0 Å². The number of carboxylic acid groups (broad SMARTS) is 1. The minimum Gasteiger partial charge on any atom is -0.490 e. The second-order valence-electron chi connectivity index (χ2n) is 4.65. The molecule has 0 fully saturated rings. The first-order chi connectivity index (χ1) is 9.15. The number of nitro groups is 1. The monoisotopic (exact) mass is 286 g/mol. The molecule has 3 N–H and O–H groups in total. The van der Waals surface area contributed by atoms with Gasteiger partial charge in [0.05, 0.1) is 17.6 Å². The van der Waals surface area contributed by atoms with E-state index in [9.17, 15) is 19.3 Å². The molecule has 0 spiro atoms. The summed E-state index contributed by atoms with van der Waals surface area (Å²) in [6.07, 6.45) is -0.0300. The van der Waals surface area contributed by atoms with E-state index in [0.717, 1.165) is 6.07 Å². The molecule has 1 atom stereocenters. The first kappa shape index (κ1) is 15.8. The van der Waals surface area contributed by atoms with Crippen molar-refractivity contribution >= 4 is 11.7 Å². The van der Waals surface area contributed by atoms with Gasteiger partial charge in [0, 0.05) is 12.0 Å². The summed E-state index contributed by atoms with van der Waals surface area (Å²) in [4.78, 5) is 20.7. The summed E-state index contributed by atoms with van der Waals surface area (Å²) in [7, 11) is 0. The number of carbonyl (C=O) groups is 1. The Morgan fingerprint density at radius 2 is 2.20 bits per heavy atom. The van der Waals surface area contributed by atoms with Crippen molar-refractivity contribution in [1.82, 2.24) is 0 Å². The van der Waals surface area contributed by atoms with Gasteiger partial charge in [-0.1, -0.05) is 0 Å². The number of nitro benzene ring substituents is 1. The van der Waals surface area contributed by atoms with E-state index in [-0.39, 0.29) is 30.0 Å². The van der Waals surface area contributed by atoms with Gasteiger partial charge in [-0.25, -0.2) is 4.39 Å². The summed E-state index contributed by atoms with van der Waals surface area (Å²) in [5.41, 5.74) is 3.92. The van der Waals surface area contributed by atoms with Gasteiger partial charge in [-0.05, 0) is 19.9 Å². The highest BCUT2D eigenvalue weighted by Gasteiger charge is 2.27. The van der Waals surface area contributed by atoms with Gasteiger partial charge in [0.2, 0.25) is 0 Å². The zero-order valence-electron chi connectivity index (χ0n) is 11.1. The molecule has 0 heterocycles. The highest BCUT2D eigenvalue weighted by atomic mass is 19.1. The van der Waals surface area contributed by atoms with E-state index in [4.69, 9.17) is 15.6 Å². The third-order valence-electron chi connectivity index (χ3n) is 2.81. The van der Waals surface area contributed by atoms with Crippen LogP contribution in [-0.4, -0.2) is 28.1 Å². The van der Waals surface area contributed by atoms with Gasteiger partial charge in [0.1, 0.15) is 5.54 Å². The number of aliphatic carboxylic acids is 1. The van der Waals surface area contributed by atoms with Crippen molar-refractivity contribution < 1.29 is 24.0 Å². The lowest BCUT2D eigenvalue weighted by atomic mass is 10.0. The number of hydrogen-bond acceptors (Lipinski definition) is 5. The van der Waals surface area contributed by atoms with Crippen molar-refractivity contribution in [1.29, 1.82) is 0 Å². The Kier molecular flexibility index (Phi) is 4.61. The first-order valence-electron chi connectivity index (χ1n) is 5.75. The highest BCUT2D eigenvalue weighted by Crippen LogP contribution is 2.27. The van der Waals surface area contributed by atoms with E-state index < -0.39 is 22.2 Å². The van der Waals surface area contributed by atoms with Crippen LogP contribution in [0.4, 0.5) is 10.1 Å². The van der Waals surface area contributed by atoms with Gasteiger partial charge >= 0.3 is 5.97 Å². The molecule has 8 heteroatoms. The van der Waals surface area contributed by atoms with E-state index in [0.29, 0.717) is 0 Å². The third-order valence-corrected chi connectivity index (χ3v) is 2.81. The van der Waals surface area contributed by atoms with Crippen LogP contribution in [0, 0.1) is 22.9 Å². The SMILES string of the molecule is Cc1cc(OCCC(C)(N)C(=O)O)c(F)cc1[N+](=O)[O-]. The molecule has 7 nitrogen and oxygen atoms in total. The lowest BCUT2D eigenvalue weighted by Gasteiger charge is -2.19. The Labute approximate surface area is 114 Å². The number of aryl methyl sites for hydroxylation is 1. The average molecular weight is 286 g/mol. The number of nitrogens with zero attached hydrogens (tertiary/aromatic N) is 1. The van der Waals surface area contributed by atoms with E-state index in [1.165, 1.54) is 19.9 Å². The summed E-state index contributed by atoms with van der Waals surface area (Å²) in [5.74, 6) is -2.24. The van der Waals surface area contributed by atoms with Crippen LogP contribution < -0.4 is 10.5 Å². The highest BCUT2D eigenvalue weighted by molar-refractivity contribution is 5.77. The number of benzene rings is 1. The second-order valence-corrected chi connectivity index (χ2v) is 4.65. The van der Waals surface area contributed by atoms with Gasteiger partial charge in [-0.2, -0.15) is 0 Å². The molecule has 1 unspecified atom stereocenters. The number of rotatable bonds is 6. The predicted octanol–water partition coefficient (Wildman–Crippen LogP) is 1.61. The molecule has 1 rings (SSSR count). The van der Waals surface area contributed by atoms with Crippen LogP contribution in [0.2, 0.25) is 0 Å². The topological polar surface area (TPSA) is 116 Å². The van der Waals surface area contributed by atoms with Gasteiger partial charge in [0.25, 0.3) is 5.69 Å². The summed E-state index contributed by atoms with van der Waals surface area (Å²) in [6, 6.07) is 1.96. The van der Waals surface area contributed by atoms with Crippen molar-refractivity contribution in [3.05, 3.63) is 33.6 Å². The lowest BCUT2D eigenvalue weighted by molar-refractivity contribution is -0.385. The third kappa shape index (κ3) is 3.64. The fourth-order valence-electron chi connectivity index (χ4n) is 1.43. The molecule has 0 saturated heterocycles. The number of hydrogen-bond donors (Lipinski definition) is 2. The van der Waals surface area contributed by atoms with Gasteiger partial charge in [-0.3, -0.25) is 14.9 Å². The fraction of sp³-hybridized carbons (Fsp3) is 0.417. The lowest BCUT2D eigenvalue weighted by Crippen LogP contribution is -2.45. The van der Waals surface area contributed by atoms with Crippen LogP contribution in [0.1, 0.15) is 18.9 Å². The quantitative estimate of drug-likeness (QED) is 0.606. The first-order valence-corrected chi connectivity index (χ1v) is 5.75. The van der Waals surface area contributed by atoms with Crippen LogP contribution in [0.5, 0.6) is 5.75 Å². The molecule has 20 heavy (non-hydrogen) atoms. The number of carboxylic acids is 1. The zero-order valence-corrected chi connectivity index (χ0v) is 11.1. The van der Waals surface area contributed by atoms with Crippen LogP contribution in [-0.2, 0) is 4.79 Å². The Morgan fingerprint density at radius 1 is 1.60 bits per heavy atom. The molecule has 0 saturated carbocycles. The fourth-order valence-corrected chi connectivity index (χ4v) is 1.43. The Bertz CT molecular complexity index is 545. The molecule has 0 aliphatic rings. The van der Waals surface area contributed by atoms with E-state index in [1.54, 1.807) is 0 Å². The molecular formula is C12H15FN2O5. The Balaban J connectivity index is 2.78. The van der Waals surface area contributed by atoms with Crippen molar-refractivity contribution in [2.45, 2.75) is 25.8 Å². The molecule has 0 bridgehead atoms.